The van der Waals surface area contributed by atoms with Crippen LogP contribution in [0.5, 0.6) is 11.5 Å². The van der Waals surface area contributed by atoms with Crippen molar-refractivity contribution in [2.75, 3.05) is 46.7 Å². The van der Waals surface area contributed by atoms with E-state index in [0.717, 1.165) is 36.0 Å². The number of fused-ring (bicyclic) bond motifs is 1. The quantitative estimate of drug-likeness (QED) is 0.419. The van der Waals surface area contributed by atoms with Crippen LogP contribution in [0.1, 0.15) is 24.5 Å². The zero-order valence-electron chi connectivity index (χ0n) is 20.6. The monoisotopic (exact) mass is 482 g/mol. The molecule has 0 spiro atoms. The second-order valence-corrected chi connectivity index (χ2v) is 8.86. The minimum absolute atomic E-state index is 0.0980. The summed E-state index contributed by atoms with van der Waals surface area (Å²) in [4.78, 5) is 20.1. The smallest absolute Gasteiger partial charge is 0.253 e. The molecule has 8 heteroatoms. The molecule has 0 unspecified atom stereocenters. The van der Waals surface area contributed by atoms with Gasteiger partial charge in [-0.05, 0) is 87.0 Å². The van der Waals surface area contributed by atoms with Crippen molar-refractivity contribution >= 4 is 33.9 Å². The van der Waals surface area contributed by atoms with Gasteiger partial charge in [0.05, 0.1) is 26.5 Å². The largest absolute Gasteiger partial charge is 0.497 e. The summed E-state index contributed by atoms with van der Waals surface area (Å²) < 4.78 is 10.8. The van der Waals surface area contributed by atoms with Crippen LogP contribution in [0.15, 0.2) is 47.3 Å². The number of H-pyrrole nitrogens is 1. The van der Waals surface area contributed by atoms with Gasteiger partial charge in [0.15, 0.2) is 5.11 Å². The first-order chi connectivity index (χ1) is 16.3. The lowest BCUT2D eigenvalue weighted by atomic mass is 10.1. The van der Waals surface area contributed by atoms with Gasteiger partial charge in [0.2, 0.25) is 0 Å². The third-order valence-electron chi connectivity index (χ3n) is 5.73. The molecule has 3 rings (SSSR count). The number of thiocarbonyl (C=S) groups is 1. The van der Waals surface area contributed by atoms with Crippen molar-refractivity contribution in [3.05, 3.63) is 63.9 Å². The fraction of sp³-hybridized carbons (Fsp3) is 0.385. The van der Waals surface area contributed by atoms with E-state index in [4.69, 9.17) is 21.7 Å². The average molecular weight is 483 g/mol. The van der Waals surface area contributed by atoms with Crippen molar-refractivity contribution in [2.24, 2.45) is 0 Å². The molecule has 0 atom stereocenters. The highest BCUT2D eigenvalue weighted by molar-refractivity contribution is 7.80. The van der Waals surface area contributed by atoms with Gasteiger partial charge in [0.1, 0.15) is 11.5 Å². The normalized spacial score (nSPS) is 11.0. The number of methoxy groups -OCH3 is 2. The van der Waals surface area contributed by atoms with Crippen molar-refractivity contribution in [3.63, 3.8) is 0 Å². The maximum atomic E-state index is 12.9. The summed E-state index contributed by atoms with van der Waals surface area (Å²) in [5.41, 5.74) is 3.40. The molecule has 0 fully saturated rings. The number of benzene rings is 2. The van der Waals surface area contributed by atoms with Crippen LogP contribution in [0.4, 0.5) is 5.69 Å². The zero-order valence-corrected chi connectivity index (χ0v) is 21.4. The Balaban J connectivity index is 1.87. The van der Waals surface area contributed by atoms with Crippen molar-refractivity contribution in [1.82, 2.24) is 14.8 Å². The molecular weight excluding hydrogens is 448 g/mol. The lowest BCUT2D eigenvalue weighted by Gasteiger charge is -2.27. The molecule has 0 amide bonds. The fourth-order valence-electron chi connectivity index (χ4n) is 3.77. The Labute approximate surface area is 206 Å². The van der Waals surface area contributed by atoms with Crippen LogP contribution in [0.25, 0.3) is 10.9 Å². The van der Waals surface area contributed by atoms with Gasteiger partial charge in [-0.2, -0.15) is 0 Å². The second-order valence-electron chi connectivity index (χ2n) is 8.47. The number of rotatable bonds is 10. The number of aryl methyl sites for hydroxylation is 1. The van der Waals surface area contributed by atoms with E-state index in [0.29, 0.717) is 35.3 Å². The molecule has 34 heavy (non-hydrogen) atoms. The van der Waals surface area contributed by atoms with Crippen LogP contribution < -0.4 is 20.3 Å². The molecular formula is C26H34N4O3S. The summed E-state index contributed by atoms with van der Waals surface area (Å²) in [5.74, 6) is 1.33. The Morgan fingerprint density at radius 1 is 1.06 bits per heavy atom. The number of anilines is 1. The van der Waals surface area contributed by atoms with Crippen molar-refractivity contribution < 1.29 is 9.47 Å². The molecule has 0 saturated carbocycles. The predicted octanol–water partition coefficient (Wildman–Crippen LogP) is 4.26. The maximum Gasteiger partial charge on any atom is 0.253 e. The van der Waals surface area contributed by atoms with E-state index in [-0.39, 0.29) is 5.56 Å². The first-order valence-electron chi connectivity index (χ1n) is 11.4. The number of aromatic nitrogens is 1. The minimum atomic E-state index is -0.0980. The molecule has 0 radical (unpaired) electrons. The maximum absolute atomic E-state index is 12.9. The molecule has 3 aromatic rings. The molecule has 0 aliphatic heterocycles. The summed E-state index contributed by atoms with van der Waals surface area (Å²) in [6.45, 7) is 4.14. The third kappa shape index (κ3) is 6.48. The average Bonchev–Trinajstić information content (AvgIpc) is 2.83. The molecule has 0 saturated heterocycles. The van der Waals surface area contributed by atoms with Crippen molar-refractivity contribution in [3.8, 4) is 11.5 Å². The summed E-state index contributed by atoms with van der Waals surface area (Å²) in [6, 6.07) is 13.6. The second kappa shape index (κ2) is 11.9. The first kappa shape index (κ1) is 25.5. The van der Waals surface area contributed by atoms with E-state index in [1.807, 2.05) is 49.3 Å². The topological polar surface area (TPSA) is 69.8 Å². The molecule has 2 N–H and O–H groups in total. The zero-order chi connectivity index (χ0) is 24.7. The number of hydrogen-bond acceptors (Lipinski definition) is 5. The van der Waals surface area contributed by atoms with Gasteiger partial charge in [-0.3, -0.25) is 4.79 Å². The van der Waals surface area contributed by atoms with Crippen LogP contribution in [0.2, 0.25) is 0 Å². The number of hydrogen-bond donors (Lipinski definition) is 2. The van der Waals surface area contributed by atoms with Gasteiger partial charge in [0.25, 0.3) is 5.56 Å². The van der Waals surface area contributed by atoms with Crippen LogP contribution in [-0.2, 0) is 13.0 Å². The van der Waals surface area contributed by atoms with Gasteiger partial charge in [0, 0.05) is 23.7 Å². The van der Waals surface area contributed by atoms with Crippen molar-refractivity contribution in [2.45, 2.75) is 26.3 Å². The summed E-state index contributed by atoms with van der Waals surface area (Å²) >= 11 is 5.79. The number of pyridine rings is 1. The highest BCUT2D eigenvalue weighted by atomic mass is 32.1. The number of nitrogens with zero attached hydrogens (tertiary/aromatic N) is 2. The predicted molar refractivity (Wildman–Crippen MR) is 143 cm³/mol. The van der Waals surface area contributed by atoms with Crippen LogP contribution in [0, 0.1) is 0 Å². The Bertz CT molecular complexity index is 1190. The van der Waals surface area contributed by atoms with Gasteiger partial charge < -0.3 is 29.6 Å². The first-order valence-corrected chi connectivity index (χ1v) is 11.8. The van der Waals surface area contributed by atoms with Crippen LogP contribution in [-0.4, -0.2) is 61.3 Å². The molecule has 7 nitrogen and oxygen atoms in total. The van der Waals surface area contributed by atoms with E-state index in [1.165, 1.54) is 5.56 Å². The number of nitrogens with one attached hydrogen (secondary N) is 2. The highest BCUT2D eigenvalue weighted by Gasteiger charge is 2.16. The molecule has 182 valence electrons. The van der Waals surface area contributed by atoms with Gasteiger partial charge in [-0.15, -0.1) is 0 Å². The summed E-state index contributed by atoms with van der Waals surface area (Å²) in [5, 5.41) is 4.85. The molecule has 0 aliphatic carbocycles. The highest BCUT2D eigenvalue weighted by Crippen LogP contribution is 2.29. The summed E-state index contributed by atoms with van der Waals surface area (Å²) in [6.07, 6.45) is 1.85. The Hall–Kier alpha value is -3.10. The van der Waals surface area contributed by atoms with Gasteiger partial charge >= 0.3 is 0 Å². The van der Waals surface area contributed by atoms with Crippen molar-refractivity contribution in [1.29, 1.82) is 0 Å². The Morgan fingerprint density at radius 3 is 2.53 bits per heavy atom. The third-order valence-corrected chi connectivity index (χ3v) is 6.09. The lowest BCUT2D eigenvalue weighted by Crippen LogP contribution is -2.37. The van der Waals surface area contributed by atoms with E-state index >= 15 is 0 Å². The molecule has 0 aliphatic rings. The molecule has 1 aromatic heterocycles. The lowest BCUT2D eigenvalue weighted by molar-refractivity contribution is 0.345. The van der Waals surface area contributed by atoms with Gasteiger partial charge in [-0.1, -0.05) is 13.0 Å². The standard InChI is InChI=1S/C26H34N4O3S/c1-6-18-8-10-22-19(14-18)15-20(25(31)27-22)17-30(13-7-12-29(2)3)26(34)28-23-11-9-21(32-4)16-24(23)33-5/h8-11,14-16H,6-7,12-13,17H2,1-5H3,(H,27,31)(H,28,34). The SMILES string of the molecule is CCc1ccc2[nH]c(=O)c(CN(CCCN(C)C)C(=S)Nc3ccc(OC)cc3OC)cc2c1. The van der Waals surface area contributed by atoms with E-state index < -0.39 is 0 Å². The summed E-state index contributed by atoms with van der Waals surface area (Å²) in [7, 11) is 7.31. The number of ether oxygens (including phenoxy) is 2. The number of aromatic amines is 1. The van der Waals surface area contributed by atoms with Crippen LogP contribution in [0.3, 0.4) is 0 Å². The van der Waals surface area contributed by atoms with Crippen LogP contribution >= 0.6 is 12.2 Å². The van der Waals surface area contributed by atoms with E-state index in [1.54, 1.807) is 20.3 Å². The Morgan fingerprint density at radius 2 is 1.85 bits per heavy atom. The molecule has 2 aromatic carbocycles. The van der Waals surface area contributed by atoms with Gasteiger partial charge in [-0.25, -0.2) is 0 Å². The Kier molecular flexibility index (Phi) is 8.90. The molecule has 0 bridgehead atoms. The fourth-order valence-corrected chi connectivity index (χ4v) is 4.04. The minimum Gasteiger partial charge on any atom is -0.497 e. The molecule has 1 heterocycles. The van der Waals surface area contributed by atoms with E-state index in [2.05, 4.69) is 28.2 Å². The van der Waals surface area contributed by atoms with E-state index in [9.17, 15) is 4.79 Å².